The van der Waals surface area contributed by atoms with Crippen LogP contribution in [0.4, 0.5) is 0 Å². The Morgan fingerprint density at radius 3 is 2.73 bits per heavy atom. The summed E-state index contributed by atoms with van der Waals surface area (Å²) in [4.78, 5) is 0. The van der Waals surface area contributed by atoms with Crippen molar-refractivity contribution < 1.29 is 0 Å². The van der Waals surface area contributed by atoms with E-state index in [2.05, 4.69) is 18.2 Å². The molecule has 0 bridgehead atoms. The van der Waals surface area contributed by atoms with Crippen LogP contribution in [-0.4, -0.2) is 12.6 Å². The Bertz CT molecular complexity index is 186. The first-order valence-electron chi connectivity index (χ1n) is 6.53. The highest BCUT2D eigenvalue weighted by Crippen LogP contribution is 2.29. The molecule has 0 aliphatic heterocycles. The molecule has 0 amide bonds. The van der Waals surface area contributed by atoms with Crippen LogP contribution in [0, 0.1) is 18.3 Å². The molecule has 1 unspecified atom stereocenters. The highest BCUT2D eigenvalue weighted by molar-refractivity contribution is 4.86. The average molecular weight is 207 g/mol. The Morgan fingerprint density at radius 2 is 2.13 bits per heavy atom. The van der Waals surface area contributed by atoms with Gasteiger partial charge >= 0.3 is 0 Å². The fraction of sp³-hybridized carbons (Fsp3) is 0.857. The Kier molecular flexibility index (Phi) is 6.52. The van der Waals surface area contributed by atoms with E-state index in [1.807, 2.05) is 0 Å². The molecular formula is C14H25N. The van der Waals surface area contributed by atoms with Gasteiger partial charge in [0.2, 0.25) is 0 Å². The maximum absolute atomic E-state index is 5.34. The molecule has 1 rings (SSSR count). The second-order valence-corrected chi connectivity index (χ2v) is 4.78. The van der Waals surface area contributed by atoms with Gasteiger partial charge in [-0.3, -0.25) is 0 Å². The predicted octanol–water partition coefficient (Wildman–Crippen LogP) is 3.35. The molecule has 86 valence electrons. The van der Waals surface area contributed by atoms with Crippen LogP contribution in [0.25, 0.3) is 0 Å². The van der Waals surface area contributed by atoms with E-state index in [4.69, 9.17) is 6.42 Å². The maximum Gasteiger partial charge on any atom is 0.0101 e. The fourth-order valence-electron chi connectivity index (χ4n) is 2.56. The summed E-state index contributed by atoms with van der Waals surface area (Å²) in [6.45, 7) is 3.36. The minimum atomic E-state index is 0.670. The number of nitrogens with one attached hydrogen (secondary N) is 1. The van der Waals surface area contributed by atoms with E-state index in [1.54, 1.807) is 0 Å². The van der Waals surface area contributed by atoms with Crippen LogP contribution in [0.5, 0.6) is 0 Å². The molecule has 1 fully saturated rings. The van der Waals surface area contributed by atoms with Crippen LogP contribution >= 0.6 is 0 Å². The van der Waals surface area contributed by atoms with Crippen LogP contribution in [0.3, 0.4) is 0 Å². The molecule has 1 N–H and O–H groups in total. The second-order valence-electron chi connectivity index (χ2n) is 4.78. The molecule has 0 aromatic rings. The summed E-state index contributed by atoms with van der Waals surface area (Å²) in [5, 5.41) is 3.64. The molecule has 0 aromatic carbocycles. The van der Waals surface area contributed by atoms with Crippen LogP contribution in [0.15, 0.2) is 0 Å². The van der Waals surface area contributed by atoms with E-state index < -0.39 is 0 Å². The zero-order valence-corrected chi connectivity index (χ0v) is 10.1. The molecular weight excluding hydrogens is 182 g/mol. The van der Waals surface area contributed by atoms with Crippen LogP contribution < -0.4 is 5.32 Å². The molecule has 1 nitrogen and oxygen atoms in total. The van der Waals surface area contributed by atoms with Gasteiger partial charge in [-0.15, -0.1) is 12.3 Å². The van der Waals surface area contributed by atoms with Gasteiger partial charge in [0, 0.05) is 12.5 Å². The van der Waals surface area contributed by atoms with Gasteiger partial charge in [-0.1, -0.05) is 32.6 Å². The smallest absolute Gasteiger partial charge is 0.0101 e. The van der Waals surface area contributed by atoms with E-state index >= 15 is 0 Å². The lowest BCUT2D eigenvalue weighted by Gasteiger charge is -2.21. The first-order chi connectivity index (χ1) is 7.36. The first-order valence-corrected chi connectivity index (χ1v) is 6.53. The lowest BCUT2D eigenvalue weighted by Crippen LogP contribution is -2.31. The highest BCUT2D eigenvalue weighted by Gasteiger charge is 2.19. The van der Waals surface area contributed by atoms with E-state index in [-0.39, 0.29) is 0 Å². The Labute approximate surface area is 95.0 Å². The van der Waals surface area contributed by atoms with Crippen molar-refractivity contribution >= 4 is 0 Å². The number of hydrogen-bond acceptors (Lipinski definition) is 1. The van der Waals surface area contributed by atoms with E-state index in [1.165, 1.54) is 38.5 Å². The summed E-state index contributed by atoms with van der Waals surface area (Å²) in [6.07, 6.45) is 15.8. The van der Waals surface area contributed by atoms with Crippen molar-refractivity contribution in [1.29, 1.82) is 0 Å². The topological polar surface area (TPSA) is 12.0 Å². The third kappa shape index (κ3) is 5.23. The molecule has 1 saturated carbocycles. The van der Waals surface area contributed by atoms with E-state index in [9.17, 15) is 0 Å². The Morgan fingerprint density at radius 1 is 1.40 bits per heavy atom. The standard InChI is InChI=1S/C14H25N/c1-3-5-10-14(15-11-4-2)12-13-8-6-7-9-13/h1,13-15H,4-12H2,2H3. The minimum absolute atomic E-state index is 0.670. The van der Waals surface area contributed by atoms with Gasteiger partial charge in [-0.05, 0) is 31.7 Å². The monoisotopic (exact) mass is 207 g/mol. The van der Waals surface area contributed by atoms with E-state index in [0.29, 0.717) is 6.04 Å². The van der Waals surface area contributed by atoms with Crippen LogP contribution in [0.1, 0.15) is 58.3 Å². The van der Waals surface area contributed by atoms with Crippen molar-refractivity contribution in [3.63, 3.8) is 0 Å². The molecule has 15 heavy (non-hydrogen) atoms. The molecule has 0 radical (unpaired) electrons. The quantitative estimate of drug-likeness (QED) is 0.631. The van der Waals surface area contributed by atoms with Crippen LogP contribution in [-0.2, 0) is 0 Å². The molecule has 1 heteroatoms. The maximum atomic E-state index is 5.34. The summed E-state index contributed by atoms with van der Waals surface area (Å²) in [5.74, 6) is 3.73. The number of terminal acetylenes is 1. The zero-order chi connectivity index (χ0) is 10.9. The fourth-order valence-corrected chi connectivity index (χ4v) is 2.56. The Hall–Kier alpha value is -0.480. The van der Waals surface area contributed by atoms with Crippen molar-refractivity contribution in [2.24, 2.45) is 5.92 Å². The van der Waals surface area contributed by atoms with Gasteiger partial charge in [-0.2, -0.15) is 0 Å². The molecule has 0 saturated heterocycles. The molecule has 0 spiro atoms. The van der Waals surface area contributed by atoms with E-state index in [0.717, 1.165) is 25.3 Å². The third-order valence-corrected chi connectivity index (χ3v) is 3.41. The molecule has 0 aromatic heterocycles. The molecule has 1 atom stereocenters. The van der Waals surface area contributed by atoms with Crippen molar-refractivity contribution in [2.75, 3.05) is 6.54 Å². The minimum Gasteiger partial charge on any atom is -0.314 e. The number of rotatable bonds is 7. The van der Waals surface area contributed by atoms with Crippen molar-refractivity contribution in [3.8, 4) is 12.3 Å². The van der Waals surface area contributed by atoms with Gasteiger partial charge in [0.15, 0.2) is 0 Å². The first kappa shape index (κ1) is 12.6. The summed E-state index contributed by atoms with van der Waals surface area (Å²) in [5.41, 5.74) is 0. The third-order valence-electron chi connectivity index (χ3n) is 3.41. The lowest BCUT2D eigenvalue weighted by atomic mass is 9.95. The lowest BCUT2D eigenvalue weighted by molar-refractivity contribution is 0.373. The predicted molar refractivity (Wildman–Crippen MR) is 66.7 cm³/mol. The van der Waals surface area contributed by atoms with Gasteiger partial charge in [0.1, 0.15) is 0 Å². The van der Waals surface area contributed by atoms with Crippen molar-refractivity contribution in [3.05, 3.63) is 0 Å². The van der Waals surface area contributed by atoms with Gasteiger partial charge in [0.05, 0.1) is 0 Å². The Balaban J connectivity index is 2.23. The van der Waals surface area contributed by atoms with Crippen molar-refractivity contribution in [1.82, 2.24) is 5.32 Å². The van der Waals surface area contributed by atoms with Crippen molar-refractivity contribution in [2.45, 2.75) is 64.3 Å². The molecule has 0 heterocycles. The zero-order valence-electron chi connectivity index (χ0n) is 10.1. The second kappa shape index (κ2) is 7.77. The number of hydrogen-bond donors (Lipinski definition) is 1. The largest absolute Gasteiger partial charge is 0.314 e. The van der Waals surface area contributed by atoms with Gasteiger partial charge in [-0.25, -0.2) is 0 Å². The SMILES string of the molecule is C#CCCC(CC1CCCC1)NCCC. The summed E-state index contributed by atoms with van der Waals surface area (Å²) < 4.78 is 0. The highest BCUT2D eigenvalue weighted by atomic mass is 14.9. The average Bonchev–Trinajstić information content (AvgIpc) is 2.74. The van der Waals surface area contributed by atoms with Gasteiger partial charge < -0.3 is 5.32 Å². The molecule has 1 aliphatic carbocycles. The summed E-state index contributed by atoms with van der Waals surface area (Å²) >= 11 is 0. The normalized spacial score (nSPS) is 18.9. The summed E-state index contributed by atoms with van der Waals surface area (Å²) in [6, 6.07) is 0.670. The van der Waals surface area contributed by atoms with Crippen LogP contribution in [0.2, 0.25) is 0 Å². The van der Waals surface area contributed by atoms with Gasteiger partial charge in [0.25, 0.3) is 0 Å². The summed E-state index contributed by atoms with van der Waals surface area (Å²) in [7, 11) is 0. The molecule has 1 aliphatic rings.